The Kier molecular flexibility index (Phi) is 7.84. The number of carbonyl (C=O) groups excluding carboxylic acids is 3. The van der Waals surface area contributed by atoms with Crippen molar-refractivity contribution in [1.29, 1.82) is 0 Å². The van der Waals surface area contributed by atoms with Crippen LogP contribution >= 0.6 is 11.8 Å². The molecule has 1 heterocycles. The largest absolute Gasteiger partial charge is 0.490 e. The molecule has 1 N–H and O–H groups in total. The van der Waals surface area contributed by atoms with E-state index in [1.54, 1.807) is 36.4 Å². The van der Waals surface area contributed by atoms with Crippen molar-refractivity contribution in [2.75, 3.05) is 25.1 Å². The van der Waals surface area contributed by atoms with Crippen LogP contribution in [0.3, 0.4) is 0 Å². The van der Waals surface area contributed by atoms with Crippen LogP contribution in [0.25, 0.3) is 6.08 Å². The molecule has 3 aromatic rings. The lowest BCUT2D eigenvalue weighted by atomic mass is 10.2. The molecule has 178 valence electrons. The van der Waals surface area contributed by atoms with Crippen LogP contribution < -0.4 is 14.8 Å². The van der Waals surface area contributed by atoms with Gasteiger partial charge in [0, 0.05) is 5.69 Å². The molecule has 35 heavy (non-hydrogen) atoms. The molecule has 3 aromatic carbocycles. The van der Waals surface area contributed by atoms with Crippen molar-refractivity contribution in [3.63, 3.8) is 0 Å². The Morgan fingerprint density at radius 3 is 2.29 bits per heavy atom. The first kappa shape index (κ1) is 24.1. The number of imide groups is 1. The standard InChI is InChI=1S/C27H24N2O5S/c1-19-6-5-7-21(16-19)28-25(30)18-29-26(31)24(35-27(29)32)17-20-10-12-23(13-11-20)34-15-14-33-22-8-3-2-4-9-22/h2-13,16-17H,14-15,18H2,1H3,(H,28,30). The highest BCUT2D eigenvalue weighted by molar-refractivity contribution is 8.18. The van der Waals surface area contributed by atoms with Gasteiger partial charge in [0.2, 0.25) is 5.91 Å². The molecular formula is C27H24N2O5S. The fourth-order valence-corrected chi connectivity index (χ4v) is 4.19. The summed E-state index contributed by atoms with van der Waals surface area (Å²) in [5, 5.41) is 2.24. The van der Waals surface area contributed by atoms with Gasteiger partial charge >= 0.3 is 0 Å². The highest BCUT2D eigenvalue weighted by Crippen LogP contribution is 2.32. The Morgan fingerprint density at radius 2 is 1.60 bits per heavy atom. The molecule has 1 fully saturated rings. The molecule has 7 nitrogen and oxygen atoms in total. The second kappa shape index (κ2) is 11.4. The topological polar surface area (TPSA) is 84.9 Å². The maximum absolute atomic E-state index is 12.7. The van der Waals surface area contributed by atoms with Crippen LogP contribution in [-0.2, 0) is 9.59 Å². The fraction of sp³-hybridized carbons (Fsp3) is 0.148. The van der Waals surface area contributed by atoms with E-state index in [-0.39, 0.29) is 11.4 Å². The van der Waals surface area contributed by atoms with Crippen molar-refractivity contribution < 1.29 is 23.9 Å². The van der Waals surface area contributed by atoms with E-state index >= 15 is 0 Å². The number of hydrogen-bond donors (Lipinski definition) is 1. The number of amides is 3. The van der Waals surface area contributed by atoms with Crippen molar-refractivity contribution in [2.24, 2.45) is 0 Å². The molecule has 0 atom stereocenters. The van der Waals surface area contributed by atoms with Crippen LogP contribution in [0.1, 0.15) is 11.1 Å². The van der Waals surface area contributed by atoms with E-state index in [2.05, 4.69) is 5.32 Å². The van der Waals surface area contributed by atoms with Crippen molar-refractivity contribution in [1.82, 2.24) is 4.90 Å². The summed E-state index contributed by atoms with van der Waals surface area (Å²) in [6.45, 7) is 2.37. The van der Waals surface area contributed by atoms with E-state index in [9.17, 15) is 14.4 Å². The Labute approximate surface area is 207 Å². The Bertz CT molecular complexity index is 1240. The van der Waals surface area contributed by atoms with E-state index in [4.69, 9.17) is 9.47 Å². The van der Waals surface area contributed by atoms with Gasteiger partial charge in [-0.15, -0.1) is 0 Å². The Hall–Kier alpha value is -4.04. The molecule has 0 radical (unpaired) electrons. The van der Waals surface area contributed by atoms with Crippen molar-refractivity contribution >= 4 is 40.6 Å². The minimum absolute atomic E-state index is 0.267. The van der Waals surface area contributed by atoms with Crippen LogP contribution in [-0.4, -0.2) is 41.7 Å². The summed E-state index contributed by atoms with van der Waals surface area (Å²) in [6.07, 6.45) is 1.63. The number of benzene rings is 3. The summed E-state index contributed by atoms with van der Waals surface area (Å²) in [4.78, 5) is 38.6. The van der Waals surface area contributed by atoms with Crippen LogP contribution in [0.2, 0.25) is 0 Å². The van der Waals surface area contributed by atoms with Crippen LogP contribution in [0.15, 0.2) is 83.8 Å². The average molecular weight is 489 g/mol. The molecule has 0 spiro atoms. The Balaban J connectivity index is 1.29. The second-order valence-electron chi connectivity index (χ2n) is 7.76. The number of aryl methyl sites for hydroxylation is 1. The molecule has 3 amide bonds. The molecule has 0 unspecified atom stereocenters. The minimum atomic E-state index is -0.488. The summed E-state index contributed by atoms with van der Waals surface area (Å²) >= 11 is 0.817. The predicted octanol–water partition coefficient (Wildman–Crippen LogP) is 5.13. The summed E-state index contributed by atoms with van der Waals surface area (Å²) < 4.78 is 11.3. The van der Waals surface area contributed by atoms with E-state index in [1.165, 1.54) is 0 Å². The highest BCUT2D eigenvalue weighted by atomic mass is 32.2. The molecule has 0 bridgehead atoms. The molecule has 1 aliphatic rings. The molecule has 8 heteroatoms. The van der Waals surface area contributed by atoms with Crippen molar-refractivity contribution in [2.45, 2.75) is 6.92 Å². The van der Waals surface area contributed by atoms with E-state index in [1.807, 2.05) is 55.5 Å². The van der Waals surface area contributed by atoms with Crippen LogP contribution in [0.4, 0.5) is 10.5 Å². The summed E-state index contributed by atoms with van der Waals surface area (Å²) in [6, 6.07) is 24.0. The van der Waals surface area contributed by atoms with Gasteiger partial charge in [-0.1, -0.05) is 42.5 Å². The summed E-state index contributed by atoms with van der Waals surface area (Å²) in [5.41, 5.74) is 2.35. The number of carbonyl (C=O) groups is 3. The van der Waals surface area contributed by atoms with Crippen molar-refractivity contribution in [3.05, 3.63) is 94.9 Å². The highest BCUT2D eigenvalue weighted by Gasteiger charge is 2.36. The molecule has 4 rings (SSSR count). The molecule has 0 saturated carbocycles. The number of nitrogens with zero attached hydrogens (tertiary/aromatic N) is 1. The zero-order valence-corrected chi connectivity index (χ0v) is 19.9. The van der Waals surface area contributed by atoms with E-state index in [0.29, 0.717) is 24.7 Å². The minimum Gasteiger partial charge on any atom is -0.490 e. The van der Waals surface area contributed by atoms with E-state index < -0.39 is 17.1 Å². The average Bonchev–Trinajstić information content (AvgIpc) is 3.10. The van der Waals surface area contributed by atoms with Gasteiger partial charge in [0.25, 0.3) is 11.1 Å². The van der Waals surface area contributed by atoms with Crippen LogP contribution in [0.5, 0.6) is 11.5 Å². The maximum Gasteiger partial charge on any atom is 0.294 e. The lowest BCUT2D eigenvalue weighted by molar-refractivity contribution is -0.127. The zero-order valence-electron chi connectivity index (χ0n) is 19.1. The van der Waals surface area contributed by atoms with Crippen LogP contribution in [0, 0.1) is 6.92 Å². The first-order valence-electron chi connectivity index (χ1n) is 11.0. The third-order valence-corrected chi connectivity index (χ3v) is 5.93. The first-order valence-corrected chi connectivity index (χ1v) is 11.8. The lowest BCUT2D eigenvalue weighted by Gasteiger charge is -2.12. The lowest BCUT2D eigenvalue weighted by Crippen LogP contribution is -2.36. The Morgan fingerprint density at radius 1 is 0.914 bits per heavy atom. The maximum atomic E-state index is 12.7. The molecule has 0 aromatic heterocycles. The molecule has 1 aliphatic heterocycles. The summed E-state index contributed by atoms with van der Waals surface area (Å²) in [7, 11) is 0. The zero-order chi connectivity index (χ0) is 24.6. The van der Waals surface area contributed by atoms with Gasteiger partial charge < -0.3 is 14.8 Å². The number of thioether (sulfide) groups is 1. The first-order chi connectivity index (χ1) is 17.0. The van der Waals surface area contributed by atoms with Gasteiger partial charge in [0.15, 0.2) is 0 Å². The monoisotopic (exact) mass is 488 g/mol. The predicted molar refractivity (Wildman–Crippen MR) is 136 cm³/mol. The number of hydrogen-bond acceptors (Lipinski definition) is 6. The number of para-hydroxylation sites is 1. The number of ether oxygens (including phenoxy) is 2. The van der Waals surface area contributed by atoms with Gasteiger partial charge in [-0.2, -0.15) is 0 Å². The quantitative estimate of drug-likeness (QED) is 0.332. The van der Waals surface area contributed by atoms with Gasteiger partial charge in [-0.05, 0) is 72.3 Å². The van der Waals surface area contributed by atoms with Gasteiger partial charge in [0.05, 0.1) is 4.91 Å². The molecule has 1 saturated heterocycles. The third kappa shape index (κ3) is 6.74. The second-order valence-corrected chi connectivity index (χ2v) is 8.76. The number of anilines is 1. The van der Waals surface area contributed by atoms with E-state index in [0.717, 1.165) is 33.5 Å². The fourth-order valence-electron chi connectivity index (χ4n) is 3.35. The number of rotatable bonds is 9. The van der Waals surface area contributed by atoms with Gasteiger partial charge in [-0.25, -0.2) is 0 Å². The third-order valence-electron chi connectivity index (χ3n) is 5.02. The smallest absolute Gasteiger partial charge is 0.294 e. The molecular weight excluding hydrogens is 464 g/mol. The van der Waals surface area contributed by atoms with Crippen molar-refractivity contribution in [3.8, 4) is 11.5 Å². The number of nitrogens with one attached hydrogen (secondary N) is 1. The SMILES string of the molecule is Cc1cccc(NC(=O)CN2C(=O)SC(=Cc3ccc(OCCOc4ccccc4)cc3)C2=O)c1. The van der Waals surface area contributed by atoms with Gasteiger partial charge in [0.1, 0.15) is 31.3 Å². The summed E-state index contributed by atoms with van der Waals surface area (Å²) in [5.74, 6) is 0.530. The van der Waals surface area contributed by atoms with Gasteiger partial charge in [-0.3, -0.25) is 19.3 Å². The molecule has 0 aliphatic carbocycles. The normalized spacial score (nSPS) is 14.3.